The van der Waals surface area contributed by atoms with Gasteiger partial charge in [-0.25, -0.2) is 14.6 Å². The van der Waals surface area contributed by atoms with E-state index in [2.05, 4.69) is 4.98 Å². The minimum Gasteiger partial charge on any atom is -0.476 e. The fourth-order valence-electron chi connectivity index (χ4n) is 1.37. The first-order valence-corrected chi connectivity index (χ1v) is 5.68. The summed E-state index contributed by atoms with van der Waals surface area (Å²) in [4.78, 5) is 23.4. The zero-order valence-electron chi connectivity index (χ0n) is 10.5. The van der Waals surface area contributed by atoms with Gasteiger partial charge in [0.05, 0.1) is 0 Å². The summed E-state index contributed by atoms with van der Waals surface area (Å²) in [6, 6.07) is 0. The fraction of sp³-hybridized carbons (Fsp3) is 0.545. The largest absolute Gasteiger partial charge is 0.490 e. The third-order valence-electron chi connectivity index (χ3n) is 2.59. The first kappa shape index (κ1) is 16.0. The molecule has 0 aliphatic heterocycles. The van der Waals surface area contributed by atoms with E-state index in [9.17, 15) is 18.0 Å². The molecule has 112 valence electrons. The maximum atomic E-state index is 10.6. The lowest BCUT2D eigenvalue weighted by atomic mass is 10.4. The Labute approximate surface area is 111 Å². The average Bonchev–Trinajstić information content (AvgIpc) is 3.02. The molecule has 1 aromatic heterocycles. The summed E-state index contributed by atoms with van der Waals surface area (Å²) in [5.74, 6) is -2.16. The molecule has 0 bridgehead atoms. The number of rotatable bonds is 3. The van der Waals surface area contributed by atoms with Crippen LogP contribution in [-0.2, 0) is 11.3 Å². The van der Waals surface area contributed by atoms with Gasteiger partial charge in [-0.15, -0.1) is 0 Å². The van der Waals surface area contributed by atoms with Crippen LogP contribution in [0.5, 0.6) is 0 Å². The minimum atomic E-state index is -5.08. The molecule has 1 saturated carbocycles. The van der Waals surface area contributed by atoms with E-state index in [4.69, 9.17) is 15.0 Å². The molecule has 0 saturated heterocycles. The molecule has 0 aromatic carbocycles. The zero-order valence-corrected chi connectivity index (χ0v) is 10.5. The van der Waals surface area contributed by atoms with Gasteiger partial charge in [0.15, 0.2) is 5.69 Å². The number of aliphatic carboxylic acids is 1. The van der Waals surface area contributed by atoms with Crippen LogP contribution in [0.15, 0.2) is 6.20 Å². The molecule has 0 spiro atoms. The molecule has 1 aliphatic rings. The highest BCUT2D eigenvalue weighted by atomic mass is 19.4. The minimum absolute atomic E-state index is 0.151. The average molecular weight is 294 g/mol. The molecule has 0 unspecified atom stereocenters. The van der Waals surface area contributed by atoms with Crippen molar-refractivity contribution < 1.29 is 33.0 Å². The zero-order chi connectivity index (χ0) is 15.5. The summed E-state index contributed by atoms with van der Waals surface area (Å²) in [7, 11) is 0. The summed E-state index contributed by atoms with van der Waals surface area (Å²) < 4.78 is 33.7. The Kier molecular flexibility index (Phi) is 4.74. The third kappa shape index (κ3) is 4.90. The summed E-state index contributed by atoms with van der Waals surface area (Å²) in [5, 5.41) is 15.8. The number of carboxylic acids is 2. The predicted octanol–water partition coefficient (Wildman–Crippen LogP) is 1.93. The SMILES string of the molecule is Cc1nc(C(=O)O)cn1CC1CC1.O=C(O)C(F)(F)F. The van der Waals surface area contributed by atoms with Gasteiger partial charge in [-0.3, -0.25) is 0 Å². The van der Waals surface area contributed by atoms with Crippen LogP contribution in [0.2, 0.25) is 0 Å². The van der Waals surface area contributed by atoms with Gasteiger partial charge < -0.3 is 14.8 Å². The molecule has 1 aromatic rings. The van der Waals surface area contributed by atoms with Crippen molar-refractivity contribution in [1.29, 1.82) is 0 Å². The third-order valence-corrected chi connectivity index (χ3v) is 2.59. The second-order valence-corrected chi connectivity index (χ2v) is 4.38. The van der Waals surface area contributed by atoms with Gasteiger partial charge in [-0.05, 0) is 25.7 Å². The standard InChI is InChI=1S/C9H12N2O2.C2HF3O2/c1-6-10-8(9(12)13)5-11(6)4-7-2-3-7;3-2(4,5)1(6)7/h5,7H,2-4H2,1H3,(H,12,13);(H,6,7). The van der Waals surface area contributed by atoms with Crippen molar-refractivity contribution in [2.75, 3.05) is 0 Å². The van der Waals surface area contributed by atoms with Gasteiger partial charge in [0.25, 0.3) is 0 Å². The Morgan fingerprint density at radius 3 is 2.20 bits per heavy atom. The molecule has 2 N–H and O–H groups in total. The van der Waals surface area contributed by atoms with E-state index >= 15 is 0 Å². The maximum Gasteiger partial charge on any atom is 0.490 e. The van der Waals surface area contributed by atoms with Crippen molar-refractivity contribution in [1.82, 2.24) is 9.55 Å². The number of imidazole rings is 1. The lowest BCUT2D eigenvalue weighted by Crippen LogP contribution is -2.21. The van der Waals surface area contributed by atoms with Crippen molar-refractivity contribution in [2.24, 2.45) is 5.92 Å². The number of hydrogen-bond donors (Lipinski definition) is 2. The van der Waals surface area contributed by atoms with Gasteiger partial charge >= 0.3 is 18.1 Å². The number of carbonyl (C=O) groups is 2. The van der Waals surface area contributed by atoms with E-state index in [0.717, 1.165) is 18.3 Å². The van der Waals surface area contributed by atoms with Crippen LogP contribution in [0, 0.1) is 12.8 Å². The van der Waals surface area contributed by atoms with Crippen LogP contribution < -0.4 is 0 Å². The predicted molar refractivity (Wildman–Crippen MR) is 60.3 cm³/mol. The van der Waals surface area contributed by atoms with Gasteiger partial charge in [0.2, 0.25) is 0 Å². The second-order valence-electron chi connectivity index (χ2n) is 4.38. The molecular weight excluding hydrogens is 281 g/mol. The summed E-state index contributed by atoms with van der Waals surface area (Å²) in [5.41, 5.74) is 0.151. The molecule has 2 rings (SSSR count). The number of nitrogens with zero attached hydrogens (tertiary/aromatic N) is 2. The normalized spacial score (nSPS) is 14.4. The second kappa shape index (κ2) is 5.93. The summed E-state index contributed by atoms with van der Waals surface area (Å²) in [6.07, 6.45) is -0.934. The lowest BCUT2D eigenvalue weighted by Gasteiger charge is -2.00. The molecule has 20 heavy (non-hydrogen) atoms. The molecule has 0 radical (unpaired) electrons. The van der Waals surface area contributed by atoms with Crippen molar-refractivity contribution in [2.45, 2.75) is 32.5 Å². The van der Waals surface area contributed by atoms with Crippen LogP contribution in [0.3, 0.4) is 0 Å². The van der Waals surface area contributed by atoms with Crippen LogP contribution in [-0.4, -0.2) is 37.9 Å². The Balaban J connectivity index is 0.000000246. The molecule has 0 atom stereocenters. The summed E-state index contributed by atoms with van der Waals surface area (Å²) >= 11 is 0. The molecule has 1 aliphatic carbocycles. The fourth-order valence-corrected chi connectivity index (χ4v) is 1.37. The van der Waals surface area contributed by atoms with E-state index in [1.807, 2.05) is 11.5 Å². The van der Waals surface area contributed by atoms with Crippen molar-refractivity contribution in [3.05, 3.63) is 17.7 Å². The summed E-state index contributed by atoms with van der Waals surface area (Å²) in [6.45, 7) is 2.76. The maximum absolute atomic E-state index is 10.6. The number of carboxylic acid groups (broad SMARTS) is 2. The number of alkyl halides is 3. The van der Waals surface area contributed by atoms with Crippen molar-refractivity contribution >= 4 is 11.9 Å². The molecule has 1 fully saturated rings. The Morgan fingerprint density at radius 2 is 1.90 bits per heavy atom. The van der Waals surface area contributed by atoms with Crippen LogP contribution in [0.4, 0.5) is 13.2 Å². The van der Waals surface area contributed by atoms with Gasteiger partial charge in [0.1, 0.15) is 5.82 Å². The Bertz CT molecular complexity index is 506. The lowest BCUT2D eigenvalue weighted by molar-refractivity contribution is -0.192. The Morgan fingerprint density at radius 1 is 1.40 bits per heavy atom. The van der Waals surface area contributed by atoms with E-state index in [-0.39, 0.29) is 5.69 Å². The first-order chi connectivity index (χ1) is 9.11. The highest BCUT2D eigenvalue weighted by Crippen LogP contribution is 2.30. The van der Waals surface area contributed by atoms with Gasteiger partial charge in [-0.1, -0.05) is 0 Å². The molecule has 0 amide bonds. The number of hydrogen-bond acceptors (Lipinski definition) is 3. The van der Waals surface area contributed by atoms with E-state index < -0.39 is 18.1 Å². The van der Waals surface area contributed by atoms with Crippen molar-refractivity contribution in [3.63, 3.8) is 0 Å². The Hall–Kier alpha value is -2.06. The highest BCUT2D eigenvalue weighted by Gasteiger charge is 2.38. The number of aromatic carboxylic acids is 1. The monoisotopic (exact) mass is 294 g/mol. The van der Waals surface area contributed by atoms with E-state index in [1.54, 1.807) is 6.20 Å². The highest BCUT2D eigenvalue weighted by molar-refractivity contribution is 5.85. The van der Waals surface area contributed by atoms with Crippen LogP contribution in [0.25, 0.3) is 0 Å². The van der Waals surface area contributed by atoms with Crippen molar-refractivity contribution in [3.8, 4) is 0 Å². The molecule has 1 heterocycles. The van der Waals surface area contributed by atoms with E-state index in [0.29, 0.717) is 0 Å². The van der Waals surface area contributed by atoms with Crippen LogP contribution in [0.1, 0.15) is 29.2 Å². The molecule has 6 nitrogen and oxygen atoms in total. The number of aromatic nitrogens is 2. The quantitative estimate of drug-likeness (QED) is 0.888. The smallest absolute Gasteiger partial charge is 0.476 e. The van der Waals surface area contributed by atoms with Gasteiger partial charge in [0, 0.05) is 12.7 Å². The topological polar surface area (TPSA) is 92.4 Å². The van der Waals surface area contributed by atoms with E-state index in [1.165, 1.54) is 12.8 Å². The van der Waals surface area contributed by atoms with Gasteiger partial charge in [-0.2, -0.15) is 13.2 Å². The van der Waals surface area contributed by atoms with Crippen LogP contribution >= 0.6 is 0 Å². The molecular formula is C11H13F3N2O4. The first-order valence-electron chi connectivity index (χ1n) is 5.68. The number of halogens is 3. The molecule has 9 heteroatoms. The number of aryl methyl sites for hydroxylation is 1.